The molecular formula is C16H16ClIN2O3. The van der Waals surface area contributed by atoms with Gasteiger partial charge in [0.1, 0.15) is 6.61 Å². The van der Waals surface area contributed by atoms with Crippen molar-refractivity contribution in [3.8, 4) is 11.5 Å². The lowest BCUT2D eigenvalue weighted by molar-refractivity contribution is 0.0953. The Balaban J connectivity index is 2.29. The maximum Gasteiger partial charge on any atom is 0.265 e. The van der Waals surface area contributed by atoms with E-state index < -0.39 is 0 Å². The molecule has 2 aromatic rings. The highest BCUT2D eigenvalue weighted by atomic mass is 127. The molecule has 0 aliphatic carbocycles. The molecule has 0 heterocycles. The minimum atomic E-state index is -0.387. The van der Waals surface area contributed by atoms with Gasteiger partial charge in [-0.2, -0.15) is 0 Å². The van der Waals surface area contributed by atoms with Crippen molar-refractivity contribution in [3.05, 3.63) is 56.1 Å². The number of nitrogens with two attached hydrogens (primary N) is 1. The number of hydrogen-bond donors (Lipinski definition) is 2. The van der Waals surface area contributed by atoms with E-state index >= 15 is 0 Å². The Bertz CT molecular complexity index is 710. The van der Waals surface area contributed by atoms with E-state index in [-0.39, 0.29) is 5.91 Å². The number of halogens is 2. The second-order valence-electron chi connectivity index (χ2n) is 4.57. The summed E-state index contributed by atoms with van der Waals surface area (Å²) < 4.78 is 12.2. The first-order valence-electron chi connectivity index (χ1n) is 6.90. The van der Waals surface area contributed by atoms with Crippen LogP contribution in [0, 0.1) is 3.57 Å². The zero-order chi connectivity index (χ0) is 16.8. The molecule has 0 aliphatic rings. The van der Waals surface area contributed by atoms with E-state index in [1.165, 1.54) is 0 Å². The van der Waals surface area contributed by atoms with E-state index in [2.05, 4.69) is 28.0 Å². The van der Waals surface area contributed by atoms with Gasteiger partial charge in [0.2, 0.25) is 0 Å². The van der Waals surface area contributed by atoms with E-state index in [1.54, 1.807) is 12.1 Å². The van der Waals surface area contributed by atoms with Crippen LogP contribution in [-0.4, -0.2) is 12.5 Å². The maximum atomic E-state index is 11.7. The number of hydrazine groups is 1. The lowest BCUT2D eigenvalue weighted by Gasteiger charge is -2.15. The van der Waals surface area contributed by atoms with Crippen molar-refractivity contribution in [2.75, 3.05) is 6.61 Å². The van der Waals surface area contributed by atoms with Crippen LogP contribution in [0.5, 0.6) is 11.5 Å². The van der Waals surface area contributed by atoms with E-state index in [9.17, 15) is 4.79 Å². The van der Waals surface area contributed by atoms with E-state index in [0.29, 0.717) is 35.3 Å². The van der Waals surface area contributed by atoms with Crippen LogP contribution < -0.4 is 20.7 Å². The number of benzene rings is 2. The molecule has 0 aliphatic heterocycles. The van der Waals surface area contributed by atoms with Crippen LogP contribution in [-0.2, 0) is 6.61 Å². The molecule has 5 nitrogen and oxygen atoms in total. The molecule has 0 aromatic heterocycles. The van der Waals surface area contributed by atoms with Gasteiger partial charge in [-0.3, -0.25) is 10.2 Å². The Morgan fingerprint density at radius 1 is 1.30 bits per heavy atom. The van der Waals surface area contributed by atoms with E-state index in [4.69, 9.17) is 26.9 Å². The lowest BCUT2D eigenvalue weighted by Crippen LogP contribution is -2.30. The fraction of sp³-hybridized carbons (Fsp3) is 0.188. The van der Waals surface area contributed by atoms with Gasteiger partial charge in [0.25, 0.3) is 5.91 Å². The molecule has 2 rings (SSSR count). The average Bonchev–Trinajstić information content (AvgIpc) is 2.55. The zero-order valence-corrected chi connectivity index (χ0v) is 15.3. The first kappa shape index (κ1) is 17.8. The molecule has 0 spiro atoms. The Hall–Kier alpha value is -1.51. The molecule has 2 aromatic carbocycles. The van der Waals surface area contributed by atoms with Crippen molar-refractivity contribution in [2.24, 2.45) is 5.84 Å². The minimum absolute atomic E-state index is 0.304. The number of ether oxygens (including phenoxy) is 2. The lowest BCUT2D eigenvalue weighted by atomic mass is 10.2. The summed E-state index contributed by atoms with van der Waals surface area (Å²) in [6.07, 6.45) is 0. The summed E-state index contributed by atoms with van der Waals surface area (Å²) in [5, 5.41) is 0.639. The van der Waals surface area contributed by atoms with Crippen LogP contribution in [0.15, 0.2) is 36.4 Å². The predicted molar refractivity (Wildman–Crippen MR) is 97.8 cm³/mol. The topological polar surface area (TPSA) is 73.6 Å². The van der Waals surface area contributed by atoms with Crippen molar-refractivity contribution < 1.29 is 14.3 Å². The predicted octanol–water partition coefficient (Wildman–Crippen LogP) is 3.53. The highest BCUT2D eigenvalue weighted by molar-refractivity contribution is 14.1. The molecule has 0 radical (unpaired) electrons. The number of nitrogens with one attached hydrogen (secondary N) is 1. The third-order valence-electron chi connectivity index (χ3n) is 3.03. The molecular weight excluding hydrogens is 431 g/mol. The molecule has 7 heteroatoms. The van der Waals surface area contributed by atoms with Gasteiger partial charge in [0, 0.05) is 16.1 Å². The van der Waals surface area contributed by atoms with Crippen molar-refractivity contribution in [2.45, 2.75) is 13.5 Å². The Labute approximate surface area is 153 Å². The third kappa shape index (κ3) is 4.49. The van der Waals surface area contributed by atoms with Crippen LogP contribution in [0.2, 0.25) is 5.02 Å². The van der Waals surface area contributed by atoms with Crippen LogP contribution in [0.1, 0.15) is 22.8 Å². The van der Waals surface area contributed by atoms with E-state index in [1.807, 2.05) is 31.2 Å². The fourth-order valence-electron chi connectivity index (χ4n) is 1.95. The number of carbonyl (C=O) groups excluding carboxylic acids is 1. The van der Waals surface area contributed by atoms with Crippen molar-refractivity contribution in [3.63, 3.8) is 0 Å². The SMILES string of the molecule is CCOc1cc(C(=O)NN)cc(I)c1OCc1ccccc1Cl. The van der Waals surface area contributed by atoms with Gasteiger partial charge in [0.05, 0.1) is 10.2 Å². The van der Waals surface area contributed by atoms with Crippen LogP contribution >= 0.6 is 34.2 Å². The molecule has 1 amide bonds. The number of amides is 1. The summed E-state index contributed by atoms with van der Waals surface area (Å²) in [6, 6.07) is 10.8. The minimum Gasteiger partial charge on any atom is -0.490 e. The highest BCUT2D eigenvalue weighted by Gasteiger charge is 2.16. The molecule has 0 atom stereocenters. The maximum absolute atomic E-state index is 11.7. The second-order valence-corrected chi connectivity index (χ2v) is 6.14. The molecule has 0 bridgehead atoms. The quantitative estimate of drug-likeness (QED) is 0.308. The molecule has 122 valence electrons. The number of carbonyl (C=O) groups is 1. The number of nitrogen functional groups attached to an aromatic ring is 1. The molecule has 0 saturated heterocycles. The van der Waals surface area contributed by atoms with Gasteiger partial charge in [-0.25, -0.2) is 5.84 Å². The van der Waals surface area contributed by atoms with Crippen LogP contribution in [0.25, 0.3) is 0 Å². The largest absolute Gasteiger partial charge is 0.490 e. The van der Waals surface area contributed by atoms with Crippen molar-refractivity contribution in [1.29, 1.82) is 0 Å². The Kier molecular flexibility index (Phi) is 6.49. The normalized spacial score (nSPS) is 10.3. The molecule has 0 fully saturated rings. The molecule has 0 saturated carbocycles. The monoisotopic (exact) mass is 446 g/mol. The average molecular weight is 447 g/mol. The summed E-state index contributed by atoms with van der Waals surface area (Å²) in [6.45, 7) is 2.62. The molecule has 3 N–H and O–H groups in total. The third-order valence-corrected chi connectivity index (χ3v) is 4.20. The van der Waals surface area contributed by atoms with Gasteiger partial charge >= 0.3 is 0 Å². The van der Waals surface area contributed by atoms with Crippen LogP contribution in [0.4, 0.5) is 0 Å². The van der Waals surface area contributed by atoms with Gasteiger partial charge in [-0.1, -0.05) is 29.8 Å². The summed E-state index contributed by atoms with van der Waals surface area (Å²) in [4.78, 5) is 11.7. The van der Waals surface area contributed by atoms with Crippen LogP contribution in [0.3, 0.4) is 0 Å². The Morgan fingerprint density at radius 3 is 2.70 bits per heavy atom. The van der Waals surface area contributed by atoms with Gasteiger partial charge in [0.15, 0.2) is 11.5 Å². The zero-order valence-electron chi connectivity index (χ0n) is 12.4. The summed E-state index contributed by atoms with van der Waals surface area (Å²) in [7, 11) is 0. The number of rotatable bonds is 6. The molecule has 0 unspecified atom stereocenters. The smallest absolute Gasteiger partial charge is 0.265 e. The molecule has 23 heavy (non-hydrogen) atoms. The summed E-state index contributed by atoms with van der Waals surface area (Å²) in [5.74, 6) is 5.85. The van der Waals surface area contributed by atoms with Gasteiger partial charge in [-0.05, 0) is 47.7 Å². The highest BCUT2D eigenvalue weighted by Crippen LogP contribution is 2.35. The second kappa shape index (κ2) is 8.37. The first-order valence-corrected chi connectivity index (χ1v) is 8.36. The summed E-state index contributed by atoms with van der Waals surface area (Å²) >= 11 is 8.23. The Morgan fingerprint density at radius 2 is 2.04 bits per heavy atom. The standard InChI is InChI=1S/C16H16ClIN2O3/c1-2-22-14-8-11(16(21)20-19)7-13(18)15(14)23-9-10-5-3-4-6-12(10)17/h3-8H,2,9,19H2,1H3,(H,20,21). The first-order chi connectivity index (χ1) is 11.1. The van der Waals surface area contributed by atoms with Gasteiger partial charge in [-0.15, -0.1) is 0 Å². The fourth-order valence-corrected chi connectivity index (χ4v) is 2.90. The number of hydrogen-bond acceptors (Lipinski definition) is 4. The van der Waals surface area contributed by atoms with E-state index in [0.717, 1.165) is 9.13 Å². The van der Waals surface area contributed by atoms with Crippen molar-refractivity contribution in [1.82, 2.24) is 5.43 Å². The van der Waals surface area contributed by atoms with Crippen molar-refractivity contribution >= 4 is 40.1 Å². The summed E-state index contributed by atoms with van der Waals surface area (Å²) in [5.41, 5.74) is 3.39. The van der Waals surface area contributed by atoms with Gasteiger partial charge < -0.3 is 9.47 Å².